The molecule has 1 N–H and O–H groups in total. The molecule has 0 aromatic heterocycles. The van der Waals surface area contributed by atoms with Crippen LogP contribution in [-0.2, 0) is 4.79 Å². The third-order valence-electron chi connectivity index (χ3n) is 3.56. The van der Waals surface area contributed by atoms with E-state index in [-0.39, 0.29) is 11.9 Å². The highest BCUT2D eigenvalue weighted by atomic mass is 16.2. The van der Waals surface area contributed by atoms with Gasteiger partial charge in [-0.1, -0.05) is 24.6 Å². The lowest BCUT2D eigenvalue weighted by Crippen LogP contribution is -2.38. The quantitative estimate of drug-likeness (QED) is 0.887. The van der Waals surface area contributed by atoms with Crippen LogP contribution in [0.1, 0.15) is 30.0 Å². The summed E-state index contributed by atoms with van der Waals surface area (Å²) in [6, 6.07) is 4.29. The molecule has 2 rings (SSSR count). The van der Waals surface area contributed by atoms with Gasteiger partial charge in [0.05, 0.1) is 6.04 Å². The van der Waals surface area contributed by atoms with Crippen molar-refractivity contribution in [3.63, 3.8) is 0 Å². The normalized spacial score (nSPS) is 19.7. The number of nitrogens with one attached hydrogen (secondary N) is 1. The minimum Gasteiger partial charge on any atom is -0.310 e. The Labute approximate surface area is 109 Å². The van der Waals surface area contributed by atoms with Crippen molar-refractivity contribution in [2.45, 2.75) is 40.2 Å². The van der Waals surface area contributed by atoms with Crippen LogP contribution in [0.5, 0.6) is 0 Å². The highest BCUT2D eigenvalue weighted by Crippen LogP contribution is 2.29. The maximum absolute atomic E-state index is 12.3. The third kappa shape index (κ3) is 2.27. The summed E-state index contributed by atoms with van der Waals surface area (Å²) < 4.78 is 0. The highest BCUT2D eigenvalue weighted by Gasteiger charge is 2.33. The molecule has 1 saturated heterocycles. The van der Waals surface area contributed by atoms with Crippen LogP contribution in [0.3, 0.4) is 0 Å². The SMILES string of the molecule is CCNC1CCN(c2c(C)cc(C)cc2C)C1=O. The Balaban J connectivity index is 2.31. The van der Waals surface area contributed by atoms with E-state index in [2.05, 4.69) is 38.2 Å². The van der Waals surface area contributed by atoms with Gasteiger partial charge in [-0.05, 0) is 44.9 Å². The van der Waals surface area contributed by atoms with Gasteiger partial charge in [0.15, 0.2) is 0 Å². The van der Waals surface area contributed by atoms with Crippen molar-refractivity contribution in [1.29, 1.82) is 0 Å². The highest BCUT2D eigenvalue weighted by molar-refractivity contribution is 6.00. The van der Waals surface area contributed by atoms with Crippen molar-refractivity contribution in [3.05, 3.63) is 28.8 Å². The van der Waals surface area contributed by atoms with Crippen molar-refractivity contribution in [2.75, 3.05) is 18.0 Å². The van der Waals surface area contributed by atoms with Crippen LogP contribution >= 0.6 is 0 Å². The van der Waals surface area contributed by atoms with Gasteiger partial charge in [-0.25, -0.2) is 0 Å². The second-order valence-corrected chi connectivity index (χ2v) is 5.14. The average molecular weight is 246 g/mol. The van der Waals surface area contributed by atoms with E-state index in [1.807, 2.05) is 11.8 Å². The van der Waals surface area contributed by atoms with E-state index in [4.69, 9.17) is 0 Å². The Bertz CT molecular complexity index is 445. The van der Waals surface area contributed by atoms with E-state index in [9.17, 15) is 4.79 Å². The zero-order chi connectivity index (χ0) is 13.3. The first-order valence-corrected chi connectivity index (χ1v) is 6.67. The smallest absolute Gasteiger partial charge is 0.244 e. The molecule has 0 spiro atoms. The van der Waals surface area contributed by atoms with Gasteiger partial charge in [0.25, 0.3) is 0 Å². The van der Waals surface area contributed by atoms with Gasteiger partial charge in [-0.15, -0.1) is 0 Å². The molecule has 1 fully saturated rings. The number of hydrogen-bond donors (Lipinski definition) is 1. The number of anilines is 1. The van der Waals surface area contributed by atoms with Crippen molar-refractivity contribution in [2.24, 2.45) is 0 Å². The van der Waals surface area contributed by atoms with Crippen LogP contribution in [-0.4, -0.2) is 25.0 Å². The molecule has 1 amide bonds. The van der Waals surface area contributed by atoms with Gasteiger partial charge >= 0.3 is 0 Å². The first-order chi connectivity index (χ1) is 8.54. The van der Waals surface area contributed by atoms with Crippen molar-refractivity contribution in [3.8, 4) is 0 Å². The number of rotatable bonds is 3. The number of carbonyl (C=O) groups is 1. The summed E-state index contributed by atoms with van der Waals surface area (Å²) in [5.74, 6) is 0.215. The molecule has 0 bridgehead atoms. The van der Waals surface area contributed by atoms with Crippen LogP contribution in [0.4, 0.5) is 5.69 Å². The van der Waals surface area contributed by atoms with Gasteiger partial charge < -0.3 is 10.2 Å². The summed E-state index contributed by atoms with van der Waals surface area (Å²) in [4.78, 5) is 14.3. The minimum absolute atomic E-state index is 0.00453. The summed E-state index contributed by atoms with van der Waals surface area (Å²) in [6.45, 7) is 9.97. The molecule has 1 unspecified atom stereocenters. The first kappa shape index (κ1) is 13.1. The van der Waals surface area contributed by atoms with E-state index in [0.717, 1.165) is 25.2 Å². The number of nitrogens with zero attached hydrogens (tertiary/aromatic N) is 1. The summed E-state index contributed by atoms with van der Waals surface area (Å²) >= 11 is 0. The van der Waals surface area contributed by atoms with Gasteiger partial charge in [-0.3, -0.25) is 4.79 Å². The molecule has 3 nitrogen and oxygen atoms in total. The van der Waals surface area contributed by atoms with Crippen LogP contribution in [0.25, 0.3) is 0 Å². The Morgan fingerprint density at radius 3 is 2.44 bits per heavy atom. The summed E-state index contributed by atoms with van der Waals surface area (Å²) in [6.07, 6.45) is 0.902. The molecule has 1 aromatic rings. The largest absolute Gasteiger partial charge is 0.310 e. The van der Waals surface area contributed by atoms with Crippen molar-refractivity contribution in [1.82, 2.24) is 5.32 Å². The molecule has 18 heavy (non-hydrogen) atoms. The maximum atomic E-state index is 12.3. The summed E-state index contributed by atoms with van der Waals surface area (Å²) in [7, 11) is 0. The topological polar surface area (TPSA) is 32.3 Å². The van der Waals surface area contributed by atoms with Crippen LogP contribution < -0.4 is 10.2 Å². The number of amides is 1. The Hall–Kier alpha value is -1.35. The fourth-order valence-electron chi connectivity index (χ4n) is 2.94. The van der Waals surface area contributed by atoms with Crippen LogP contribution in [0.15, 0.2) is 12.1 Å². The Morgan fingerprint density at radius 2 is 1.89 bits per heavy atom. The fraction of sp³-hybridized carbons (Fsp3) is 0.533. The van der Waals surface area contributed by atoms with Gasteiger partial charge in [-0.2, -0.15) is 0 Å². The second-order valence-electron chi connectivity index (χ2n) is 5.14. The predicted molar refractivity (Wildman–Crippen MR) is 75.1 cm³/mol. The molecule has 1 aliphatic heterocycles. The van der Waals surface area contributed by atoms with Gasteiger partial charge in [0, 0.05) is 12.2 Å². The Morgan fingerprint density at radius 1 is 1.28 bits per heavy atom. The third-order valence-corrected chi connectivity index (χ3v) is 3.56. The second kappa shape index (κ2) is 5.11. The monoisotopic (exact) mass is 246 g/mol. The molecule has 0 aliphatic carbocycles. The number of hydrogen-bond acceptors (Lipinski definition) is 2. The molecular weight excluding hydrogens is 224 g/mol. The van der Waals surface area contributed by atoms with Crippen LogP contribution in [0.2, 0.25) is 0 Å². The predicted octanol–water partition coefficient (Wildman–Crippen LogP) is 2.33. The standard InChI is InChI=1S/C15H22N2O/c1-5-16-13-6-7-17(15(13)18)14-11(3)8-10(2)9-12(14)4/h8-9,13,16H,5-7H2,1-4H3. The summed E-state index contributed by atoms with van der Waals surface area (Å²) in [5.41, 5.74) is 4.74. The van der Waals surface area contributed by atoms with E-state index in [1.165, 1.54) is 16.7 Å². The van der Waals surface area contributed by atoms with E-state index in [1.54, 1.807) is 0 Å². The first-order valence-electron chi connectivity index (χ1n) is 6.67. The molecule has 3 heteroatoms. The number of benzene rings is 1. The minimum atomic E-state index is -0.00453. The maximum Gasteiger partial charge on any atom is 0.244 e. The van der Waals surface area contributed by atoms with Gasteiger partial charge in [0.2, 0.25) is 5.91 Å². The molecule has 98 valence electrons. The molecule has 1 atom stereocenters. The van der Waals surface area contributed by atoms with E-state index >= 15 is 0 Å². The molecule has 0 radical (unpaired) electrons. The number of aryl methyl sites for hydroxylation is 3. The average Bonchev–Trinajstić information content (AvgIpc) is 2.61. The number of likely N-dealkylation sites (N-methyl/N-ethyl adjacent to an activating group) is 1. The Kier molecular flexibility index (Phi) is 3.71. The zero-order valence-corrected chi connectivity index (χ0v) is 11.7. The molecule has 0 saturated carbocycles. The van der Waals surface area contributed by atoms with E-state index in [0.29, 0.717) is 0 Å². The molecule has 1 aromatic carbocycles. The molecule has 1 aliphatic rings. The van der Waals surface area contributed by atoms with Crippen molar-refractivity contribution >= 4 is 11.6 Å². The van der Waals surface area contributed by atoms with Gasteiger partial charge in [0.1, 0.15) is 0 Å². The fourth-order valence-corrected chi connectivity index (χ4v) is 2.94. The lowest BCUT2D eigenvalue weighted by molar-refractivity contribution is -0.118. The van der Waals surface area contributed by atoms with Crippen molar-refractivity contribution < 1.29 is 4.79 Å². The molecule has 1 heterocycles. The van der Waals surface area contributed by atoms with Crippen LogP contribution in [0, 0.1) is 20.8 Å². The summed E-state index contributed by atoms with van der Waals surface area (Å²) in [5, 5.41) is 3.25. The van der Waals surface area contributed by atoms with E-state index < -0.39 is 0 Å². The zero-order valence-electron chi connectivity index (χ0n) is 11.7. The molecular formula is C15H22N2O. The lowest BCUT2D eigenvalue weighted by Gasteiger charge is -2.22. The number of carbonyl (C=O) groups excluding carboxylic acids is 1. The lowest BCUT2D eigenvalue weighted by atomic mass is 10.0.